The van der Waals surface area contributed by atoms with Gasteiger partial charge in [0.25, 0.3) is 0 Å². The van der Waals surface area contributed by atoms with Gasteiger partial charge in [-0.2, -0.15) is 0 Å². The summed E-state index contributed by atoms with van der Waals surface area (Å²) in [6, 6.07) is 0. The van der Waals surface area contributed by atoms with Crippen LogP contribution in [0.4, 0.5) is 0 Å². The van der Waals surface area contributed by atoms with E-state index >= 15 is 0 Å². The summed E-state index contributed by atoms with van der Waals surface area (Å²) < 4.78 is 0. The number of aliphatic hydroxyl groups is 4. The number of primary amides is 1. The van der Waals surface area contributed by atoms with Crippen molar-refractivity contribution in [3.05, 3.63) is 0 Å². The van der Waals surface area contributed by atoms with Crippen molar-refractivity contribution in [1.29, 1.82) is 0 Å². The van der Waals surface area contributed by atoms with Gasteiger partial charge in [-0.05, 0) is 69.7 Å². The molecule has 0 bridgehead atoms. The minimum absolute atomic E-state index is 0. The fraction of sp³-hybridized carbons (Fsp3) is 0.841. The van der Waals surface area contributed by atoms with Gasteiger partial charge in [-0.15, -0.1) is 0 Å². The maximum atomic E-state index is 14.7. The van der Waals surface area contributed by atoms with Crippen molar-refractivity contribution in [1.82, 2.24) is 49.4 Å². The van der Waals surface area contributed by atoms with Crippen LogP contribution in [0.3, 0.4) is 0 Å². The maximum Gasteiger partial charge on any atom is 0.242 e. The number of carbonyl (C=O) groups excluding carboxylic acids is 10. The van der Waals surface area contributed by atoms with E-state index in [2.05, 4.69) is 12.2 Å². The molecule has 10 atom stereocenters. The Hall–Kier alpha value is -5.50. The lowest BCUT2D eigenvalue weighted by atomic mass is 10.1. The van der Waals surface area contributed by atoms with Gasteiger partial charge < -0.3 is 75.6 Å². The predicted octanol–water partition coefficient (Wildman–Crippen LogP) is 1.95. The average molecular weight is 1260 g/mol. The van der Waals surface area contributed by atoms with Crippen molar-refractivity contribution in [2.45, 2.75) is 181 Å². The predicted molar refractivity (Wildman–Crippen MR) is 341 cm³/mol. The molecule has 0 saturated carbocycles. The Morgan fingerprint density at radius 2 is 0.466 bits per heavy atom. The molecule has 0 aliphatic rings. The maximum absolute atomic E-state index is 14.7. The molecule has 0 radical (unpaired) electrons. The van der Waals surface area contributed by atoms with Crippen molar-refractivity contribution >= 4 is 59.1 Å². The largest absolute Gasteiger partial charge is 0.392 e. The third-order valence-corrected chi connectivity index (χ3v) is 15.7. The van der Waals surface area contributed by atoms with Gasteiger partial charge in [-0.1, -0.05) is 129 Å². The monoisotopic (exact) mass is 1260 g/mol. The van der Waals surface area contributed by atoms with E-state index in [1.54, 1.807) is 0 Å². The van der Waals surface area contributed by atoms with Crippen LogP contribution in [0, 0.1) is 35.5 Å². The summed E-state index contributed by atoms with van der Waals surface area (Å²) in [5, 5.41) is 45.6. The molecule has 0 spiro atoms. The summed E-state index contributed by atoms with van der Waals surface area (Å²) in [6.07, 6.45) is -0.354. The molecule has 88 heavy (non-hydrogen) atoms. The second-order valence-corrected chi connectivity index (χ2v) is 25.0. The number of amides is 10. The number of nitrogens with two attached hydrogens (primary N) is 1. The molecular weight excluding hydrogens is 1130 g/mol. The van der Waals surface area contributed by atoms with Crippen LogP contribution in [-0.2, 0) is 47.9 Å². The standard InChI is InChI=1S/C62H117N11O14.CH4/c1-17-43(7)23-64-24-54(79)66(26-45(9)19-3)35-59(84)72(32-51(15)76)41-61(86)71(31-50(14)75)40-58(83)68(28-47(11)21-5)37-56(81)69(29-48(12)22-6)38-60(85)73(33-52(16)77)42-62(87)70(30-49(13)74)39-57(82)67(27-46(10)20-4)36-55(80)65(34-53(63)78)25-44(8)18-2;/h43-52,64,74-77H,17-42H2,1-16H3,(H2,63,78);1H4. The number of hydrogen-bond acceptors (Lipinski definition) is 15. The van der Waals surface area contributed by atoms with Crippen molar-refractivity contribution < 1.29 is 68.4 Å². The fourth-order valence-electron chi connectivity index (χ4n) is 9.07. The molecule has 0 rings (SSSR count). The van der Waals surface area contributed by atoms with Gasteiger partial charge in [0, 0.05) is 58.9 Å². The molecule has 25 nitrogen and oxygen atoms in total. The molecule has 512 valence electrons. The first-order valence-corrected chi connectivity index (χ1v) is 31.9. The van der Waals surface area contributed by atoms with E-state index in [1.165, 1.54) is 52.2 Å². The van der Waals surface area contributed by atoms with Crippen LogP contribution in [0.5, 0.6) is 0 Å². The summed E-state index contributed by atoms with van der Waals surface area (Å²) >= 11 is 0. The third-order valence-electron chi connectivity index (χ3n) is 15.7. The number of nitrogens with one attached hydrogen (secondary N) is 1. The summed E-state index contributed by atoms with van der Waals surface area (Å²) in [6.45, 7) is 24.1. The molecular formula is C63H121N11O14. The summed E-state index contributed by atoms with van der Waals surface area (Å²) in [7, 11) is 0. The van der Waals surface area contributed by atoms with E-state index in [-0.39, 0.29) is 121 Å². The third kappa shape index (κ3) is 35.0. The second-order valence-electron chi connectivity index (χ2n) is 25.0. The lowest BCUT2D eigenvalue weighted by molar-refractivity contribution is -0.150. The zero-order chi connectivity index (χ0) is 66.8. The highest BCUT2D eigenvalue weighted by Crippen LogP contribution is 2.15. The highest BCUT2D eigenvalue weighted by molar-refractivity contribution is 5.94. The number of rotatable bonds is 46. The van der Waals surface area contributed by atoms with E-state index in [0.29, 0.717) is 38.1 Å². The minimum Gasteiger partial charge on any atom is -0.392 e. The smallest absolute Gasteiger partial charge is 0.242 e. The first-order valence-electron chi connectivity index (χ1n) is 31.9. The number of carbonyl (C=O) groups is 10. The highest BCUT2D eigenvalue weighted by Gasteiger charge is 2.34. The molecule has 0 heterocycles. The molecule has 0 aromatic carbocycles. The van der Waals surface area contributed by atoms with Gasteiger partial charge >= 0.3 is 0 Å². The number of nitrogens with zero attached hydrogens (tertiary/aromatic N) is 9. The van der Waals surface area contributed by atoms with Crippen LogP contribution in [0.1, 0.15) is 157 Å². The topological polar surface area (TPSA) is 319 Å². The normalized spacial score (nSPS) is 14.6. The molecule has 7 N–H and O–H groups in total. The average Bonchev–Trinajstić information content (AvgIpc) is 3.52. The Morgan fingerprint density at radius 3 is 0.636 bits per heavy atom. The Kier molecular flexibility index (Phi) is 43.1. The van der Waals surface area contributed by atoms with Gasteiger partial charge in [-0.25, -0.2) is 0 Å². The first kappa shape index (κ1) is 84.6. The Labute approximate surface area is 528 Å². The molecule has 0 saturated heterocycles. The van der Waals surface area contributed by atoms with Crippen LogP contribution in [-0.4, -0.2) is 279 Å². The number of hydrogen-bond donors (Lipinski definition) is 6. The van der Waals surface area contributed by atoms with Gasteiger partial charge in [0.2, 0.25) is 59.1 Å². The molecule has 0 fully saturated rings. The highest BCUT2D eigenvalue weighted by atomic mass is 16.3. The van der Waals surface area contributed by atoms with Gasteiger partial charge in [0.05, 0.1) is 89.9 Å². The van der Waals surface area contributed by atoms with Crippen LogP contribution >= 0.6 is 0 Å². The van der Waals surface area contributed by atoms with E-state index in [4.69, 9.17) is 5.73 Å². The lowest BCUT2D eigenvalue weighted by Crippen LogP contribution is -2.55. The van der Waals surface area contributed by atoms with E-state index < -0.39 is 123 Å². The van der Waals surface area contributed by atoms with E-state index in [1.807, 2.05) is 76.2 Å². The van der Waals surface area contributed by atoms with Crippen molar-refractivity contribution in [3.63, 3.8) is 0 Å². The van der Waals surface area contributed by atoms with Crippen LogP contribution in [0.15, 0.2) is 0 Å². The fourth-order valence-corrected chi connectivity index (χ4v) is 9.07. The van der Waals surface area contributed by atoms with Gasteiger partial charge in [0.15, 0.2) is 0 Å². The van der Waals surface area contributed by atoms with E-state index in [0.717, 1.165) is 32.4 Å². The van der Waals surface area contributed by atoms with Crippen LogP contribution < -0.4 is 11.1 Å². The summed E-state index contributed by atoms with van der Waals surface area (Å²) in [4.78, 5) is 151. The Balaban J connectivity index is 0. The molecule has 0 aromatic rings. The molecule has 10 unspecified atom stereocenters. The first-order chi connectivity index (χ1) is 40.6. The Morgan fingerprint density at radius 1 is 0.295 bits per heavy atom. The van der Waals surface area contributed by atoms with Gasteiger partial charge in [0.1, 0.15) is 0 Å². The van der Waals surface area contributed by atoms with E-state index in [9.17, 15) is 68.4 Å². The molecule has 25 heteroatoms. The minimum atomic E-state index is -1.17. The zero-order valence-corrected chi connectivity index (χ0v) is 56.1. The molecule has 10 amide bonds. The SMILES string of the molecule is C.CCC(C)CNCC(=O)N(CC(=O)N(CC(=O)N(CC(=O)N(CC(=O)N(CC(=O)N(CC(=O)N(CC(=O)N(CC(=O)N(CC(N)=O)CC(C)CC)CC(C)CC)CC(C)O)CC(C)O)CC(C)CC)CC(C)CC)CC(C)O)CC(C)O)CC(C)CC. The quantitative estimate of drug-likeness (QED) is 0.0508. The van der Waals surface area contributed by atoms with Crippen LogP contribution in [0.25, 0.3) is 0 Å². The summed E-state index contributed by atoms with van der Waals surface area (Å²) in [5.74, 6) is -6.37. The lowest BCUT2D eigenvalue weighted by Gasteiger charge is -2.34. The van der Waals surface area contributed by atoms with Crippen molar-refractivity contribution in [2.24, 2.45) is 41.2 Å². The number of aliphatic hydroxyl groups excluding tert-OH is 4. The van der Waals surface area contributed by atoms with Gasteiger partial charge in [-0.3, -0.25) is 47.9 Å². The van der Waals surface area contributed by atoms with Crippen molar-refractivity contribution in [2.75, 3.05) is 131 Å². The zero-order valence-electron chi connectivity index (χ0n) is 56.1. The Bertz CT molecular complexity index is 2120. The van der Waals surface area contributed by atoms with Crippen molar-refractivity contribution in [3.8, 4) is 0 Å². The van der Waals surface area contributed by atoms with Crippen LogP contribution in [0.2, 0.25) is 0 Å². The molecule has 0 aliphatic carbocycles. The summed E-state index contributed by atoms with van der Waals surface area (Å²) in [5.41, 5.74) is 5.50. The molecule has 0 aromatic heterocycles. The molecule has 0 aliphatic heterocycles. The second kappa shape index (κ2) is 44.9.